The average Bonchev–Trinajstić information content (AvgIpc) is 2.95. The fourth-order valence-electron chi connectivity index (χ4n) is 2.81. The van der Waals surface area contributed by atoms with Crippen molar-refractivity contribution in [3.8, 4) is 0 Å². The van der Waals surface area contributed by atoms with E-state index in [0.29, 0.717) is 27.8 Å². The van der Waals surface area contributed by atoms with Crippen LogP contribution in [0.1, 0.15) is 17.0 Å². The highest BCUT2D eigenvalue weighted by atomic mass is 35.5. The number of hydrogen-bond donors (Lipinski definition) is 2. The molecule has 0 atom stereocenters. The molecule has 0 aliphatic rings. The molecule has 0 amide bonds. The summed E-state index contributed by atoms with van der Waals surface area (Å²) in [5.41, 5.74) is 0.865. The molecule has 1 heterocycles. The van der Waals surface area contributed by atoms with Gasteiger partial charge in [0.2, 0.25) is 5.82 Å². The summed E-state index contributed by atoms with van der Waals surface area (Å²) in [6.07, 6.45) is 0. The molecule has 0 aliphatic heterocycles. The molecule has 0 radical (unpaired) electrons. The van der Waals surface area contributed by atoms with Gasteiger partial charge in [0.15, 0.2) is 28.4 Å². The monoisotopic (exact) mass is 460 g/mol. The first-order valence-electron chi connectivity index (χ1n) is 8.48. The Morgan fingerprint density at radius 1 is 1.00 bits per heavy atom. The van der Waals surface area contributed by atoms with Crippen LogP contribution < -0.4 is 10.6 Å². The van der Waals surface area contributed by atoms with Gasteiger partial charge in [-0.25, -0.2) is 22.0 Å². The van der Waals surface area contributed by atoms with Crippen molar-refractivity contribution in [2.45, 2.75) is 20.4 Å². The van der Waals surface area contributed by atoms with Crippen LogP contribution in [-0.2, 0) is 6.54 Å². The van der Waals surface area contributed by atoms with Crippen molar-refractivity contribution in [3.63, 3.8) is 0 Å². The number of halogens is 6. The van der Waals surface area contributed by atoms with Crippen LogP contribution in [0.25, 0.3) is 0 Å². The Morgan fingerprint density at radius 3 is 2.20 bits per heavy atom. The van der Waals surface area contributed by atoms with Gasteiger partial charge < -0.3 is 10.6 Å². The molecular weight excluding hydrogens is 447 g/mol. The second-order valence-electron chi connectivity index (χ2n) is 6.34. The molecule has 1 aromatic heterocycles. The van der Waals surface area contributed by atoms with Gasteiger partial charge in [-0.1, -0.05) is 17.7 Å². The van der Waals surface area contributed by atoms with E-state index in [-0.39, 0.29) is 5.11 Å². The molecule has 30 heavy (non-hydrogen) atoms. The Labute approximate surface area is 178 Å². The maximum absolute atomic E-state index is 14.0. The van der Waals surface area contributed by atoms with E-state index in [4.69, 9.17) is 23.8 Å². The van der Waals surface area contributed by atoms with E-state index < -0.39 is 41.2 Å². The van der Waals surface area contributed by atoms with Crippen molar-refractivity contribution < 1.29 is 22.0 Å². The van der Waals surface area contributed by atoms with E-state index in [1.54, 1.807) is 38.1 Å². The topological polar surface area (TPSA) is 41.9 Å². The van der Waals surface area contributed by atoms with Crippen molar-refractivity contribution in [2.75, 3.05) is 10.6 Å². The molecule has 2 N–H and O–H groups in total. The number of aromatic nitrogens is 2. The number of thiocarbonyl (C=S) groups is 1. The summed E-state index contributed by atoms with van der Waals surface area (Å²) >= 11 is 11.2. The van der Waals surface area contributed by atoms with Crippen molar-refractivity contribution >= 4 is 40.3 Å². The predicted molar refractivity (Wildman–Crippen MR) is 108 cm³/mol. The van der Waals surface area contributed by atoms with E-state index in [1.165, 1.54) is 0 Å². The Balaban J connectivity index is 1.85. The lowest BCUT2D eigenvalue weighted by Crippen LogP contribution is -2.20. The molecule has 0 unspecified atom stereocenters. The second-order valence-corrected chi connectivity index (χ2v) is 7.19. The van der Waals surface area contributed by atoms with Crippen LogP contribution in [0.15, 0.2) is 24.3 Å². The average molecular weight is 461 g/mol. The number of aryl methyl sites for hydroxylation is 1. The molecule has 3 aromatic rings. The highest BCUT2D eigenvalue weighted by Crippen LogP contribution is 2.26. The van der Waals surface area contributed by atoms with Crippen LogP contribution in [0, 0.1) is 42.9 Å². The minimum absolute atomic E-state index is 0.194. The van der Waals surface area contributed by atoms with Crippen LogP contribution >= 0.6 is 23.8 Å². The molecule has 11 heteroatoms. The highest BCUT2D eigenvalue weighted by Gasteiger charge is 2.26. The first-order valence-corrected chi connectivity index (χ1v) is 9.26. The lowest BCUT2D eigenvalue weighted by molar-refractivity contribution is 0.366. The lowest BCUT2D eigenvalue weighted by atomic mass is 10.1. The maximum Gasteiger partial charge on any atom is 0.200 e. The molecule has 4 nitrogen and oxygen atoms in total. The Hall–Kier alpha value is -2.72. The number of nitrogens with zero attached hydrogens (tertiary/aromatic N) is 2. The smallest absolute Gasteiger partial charge is 0.200 e. The SMILES string of the molecule is Cc1nn(Cc2c(F)c(F)c(F)c(F)c2F)c(C)c1NC(=S)Nc1cccc(Cl)c1. The van der Waals surface area contributed by atoms with Gasteiger partial charge in [0.05, 0.1) is 29.2 Å². The molecule has 0 spiro atoms. The van der Waals surface area contributed by atoms with Gasteiger partial charge in [-0.2, -0.15) is 5.10 Å². The number of benzene rings is 2. The zero-order valence-corrected chi connectivity index (χ0v) is 17.2. The third kappa shape index (κ3) is 4.24. The zero-order chi connectivity index (χ0) is 22.2. The first-order chi connectivity index (χ1) is 14.1. The summed E-state index contributed by atoms with van der Waals surface area (Å²) in [5, 5.41) is 10.7. The van der Waals surface area contributed by atoms with Gasteiger partial charge in [-0.3, -0.25) is 4.68 Å². The summed E-state index contributed by atoms with van der Waals surface area (Å²) in [5.74, 6) is -10.0. The summed E-state index contributed by atoms with van der Waals surface area (Å²) < 4.78 is 69.3. The fraction of sp³-hybridized carbons (Fsp3) is 0.158. The Kier molecular flexibility index (Phi) is 6.27. The molecule has 0 aliphatic carbocycles. The van der Waals surface area contributed by atoms with Gasteiger partial charge in [0.1, 0.15) is 0 Å². The van der Waals surface area contributed by atoms with E-state index in [0.717, 1.165) is 4.68 Å². The van der Waals surface area contributed by atoms with Gasteiger partial charge >= 0.3 is 0 Å². The van der Waals surface area contributed by atoms with E-state index in [9.17, 15) is 22.0 Å². The Morgan fingerprint density at radius 2 is 1.60 bits per heavy atom. The summed E-state index contributed by atoms with van der Waals surface area (Å²) in [6, 6.07) is 6.82. The van der Waals surface area contributed by atoms with Gasteiger partial charge in [-0.15, -0.1) is 0 Å². The van der Waals surface area contributed by atoms with Crippen LogP contribution in [0.2, 0.25) is 5.02 Å². The summed E-state index contributed by atoms with van der Waals surface area (Å²) in [4.78, 5) is 0. The first kappa shape index (κ1) is 22.0. The van der Waals surface area contributed by atoms with Crippen LogP contribution in [0.4, 0.5) is 33.3 Å². The third-order valence-electron chi connectivity index (χ3n) is 4.31. The minimum Gasteiger partial charge on any atom is -0.332 e. The third-order valence-corrected chi connectivity index (χ3v) is 4.75. The fourth-order valence-corrected chi connectivity index (χ4v) is 3.22. The van der Waals surface area contributed by atoms with Crippen molar-refractivity contribution in [2.24, 2.45) is 0 Å². The lowest BCUT2D eigenvalue weighted by Gasteiger charge is -2.12. The molecule has 0 saturated heterocycles. The van der Waals surface area contributed by atoms with Gasteiger partial charge in [0.25, 0.3) is 0 Å². The van der Waals surface area contributed by atoms with Crippen molar-refractivity contribution in [1.82, 2.24) is 9.78 Å². The number of anilines is 2. The number of hydrogen-bond acceptors (Lipinski definition) is 2. The summed E-state index contributed by atoms with van der Waals surface area (Å²) in [6.45, 7) is 2.51. The second kappa shape index (κ2) is 8.57. The minimum atomic E-state index is -2.21. The number of nitrogens with one attached hydrogen (secondary N) is 2. The molecule has 0 fully saturated rings. The van der Waals surface area contributed by atoms with E-state index in [1.807, 2.05) is 0 Å². The predicted octanol–water partition coefficient (Wildman–Crippen LogP) is 5.71. The quantitative estimate of drug-likeness (QED) is 0.227. The maximum atomic E-state index is 14.0. The van der Waals surface area contributed by atoms with E-state index >= 15 is 0 Å². The highest BCUT2D eigenvalue weighted by molar-refractivity contribution is 7.80. The standard InChI is InChI=1S/C19H14ClF5N4S/c1-8-18(27-19(30)26-11-5-3-4-10(20)6-11)9(2)29(28-8)7-12-13(21)15(23)17(25)16(24)14(12)22/h3-6H,7H2,1-2H3,(H2,26,27,30). The molecular formula is C19H14ClF5N4S. The van der Waals surface area contributed by atoms with Gasteiger partial charge in [0, 0.05) is 10.7 Å². The normalized spacial score (nSPS) is 10.9. The van der Waals surface area contributed by atoms with Crippen molar-refractivity contribution in [1.29, 1.82) is 0 Å². The summed E-state index contributed by atoms with van der Waals surface area (Å²) in [7, 11) is 0. The molecule has 0 bridgehead atoms. The molecule has 158 valence electrons. The largest absolute Gasteiger partial charge is 0.332 e. The van der Waals surface area contributed by atoms with Crippen LogP contribution in [-0.4, -0.2) is 14.9 Å². The van der Waals surface area contributed by atoms with Crippen LogP contribution in [0.5, 0.6) is 0 Å². The molecule has 0 saturated carbocycles. The number of rotatable bonds is 4. The Bertz CT molecular complexity index is 1120. The zero-order valence-electron chi connectivity index (χ0n) is 15.6. The van der Waals surface area contributed by atoms with Crippen LogP contribution in [0.3, 0.4) is 0 Å². The van der Waals surface area contributed by atoms with Crippen molar-refractivity contribution in [3.05, 3.63) is 75.3 Å². The molecule has 2 aromatic carbocycles. The van der Waals surface area contributed by atoms with Gasteiger partial charge in [-0.05, 0) is 44.3 Å². The van der Waals surface area contributed by atoms with E-state index in [2.05, 4.69) is 15.7 Å². The molecule has 3 rings (SSSR count).